The molecule has 0 atom stereocenters. The van der Waals surface area contributed by atoms with Crippen LogP contribution >= 0.6 is 0 Å². The second-order valence-electron chi connectivity index (χ2n) is 10.1. The second kappa shape index (κ2) is 13.1. The van der Waals surface area contributed by atoms with Crippen LogP contribution in [-0.4, -0.2) is 32.2 Å². The van der Waals surface area contributed by atoms with Gasteiger partial charge in [-0.05, 0) is 78.2 Å². The topological polar surface area (TPSA) is 115 Å². The molecule has 2 amide bonds. The summed E-state index contributed by atoms with van der Waals surface area (Å²) in [6.07, 6.45) is 10.1. The smallest absolute Gasteiger partial charge is 0.239 e. The van der Waals surface area contributed by atoms with Crippen LogP contribution in [0.5, 0.6) is 11.6 Å². The van der Waals surface area contributed by atoms with E-state index in [1.807, 2.05) is 26.8 Å². The lowest BCUT2D eigenvalue weighted by Gasteiger charge is -2.23. The Balaban J connectivity index is 0.000000649. The first-order valence-electron chi connectivity index (χ1n) is 13.2. The third kappa shape index (κ3) is 8.08. The number of imidazole rings is 1. The van der Waals surface area contributed by atoms with Crippen LogP contribution in [0.3, 0.4) is 0 Å². The third-order valence-corrected chi connectivity index (χ3v) is 6.14. The number of anilines is 1. The Morgan fingerprint density at radius 3 is 2.48 bits per heavy atom. The van der Waals surface area contributed by atoms with Gasteiger partial charge in [-0.15, -0.1) is 5.10 Å². The van der Waals surface area contributed by atoms with E-state index in [-0.39, 0.29) is 17.3 Å². The largest absolute Gasteiger partial charge is 0.437 e. The molecule has 0 saturated heterocycles. The van der Waals surface area contributed by atoms with E-state index in [9.17, 15) is 18.8 Å². The minimum absolute atomic E-state index is 0.0651. The molecule has 10 heteroatoms. The summed E-state index contributed by atoms with van der Waals surface area (Å²) in [5.74, 6) is -0.550. The van der Waals surface area contributed by atoms with E-state index in [1.54, 1.807) is 41.9 Å². The molecule has 9 nitrogen and oxygen atoms in total. The molecule has 3 aromatic rings. The minimum Gasteiger partial charge on any atom is -0.437 e. The molecular formula is C30H36FN5O4. The Kier molecular flexibility index (Phi) is 9.93. The van der Waals surface area contributed by atoms with Crippen LogP contribution in [0.15, 0.2) is 60.5 Å². The highest BCUT2D eigenvalue weighted by Gasteiger charge is 2.36. The lowest BCUT2D eigenvalue weighted by Crippen LogP contribution is -2.44. The van der Waals surface area contributed by atoms with Crippen LogP contribution in [0, 0.1) is 24.1 Å². The van der Waals surface area contributed by atoms with Crippen molar-refractivity contribution in [1.82, 2.24) is 19.9 Å². The summed E-state index contributed by atoms with van der Waals surface area (Å²) < 4.78 is 21.9. The molecule has 0 aliphatic heterocycles. The van der Waals surface area contributed by atoms with E-state index in [0.29, 0.717) is 23.0 Å². The fourth-order valence-corrected chi connectivity index (χ4v) is 3.54. The van der Waals surface area contributed by atoms with Crippen molar-refractivity contribution in [2.24, 2.45) is 11.3 Å². The number of aromatic nitrogens is 3. The molecule has 2 aromatic heterocycles. The number of fused-ring (bicyclic) bond motifs is 1. The van der Waals surface area contributed by atoms with Crippen molar-refractivity contribution in [2.75, 3.05) is 5.32 Å². The lowest BCUT2D eigenvalue weighted by molar-refractivity contribution is -0.137. The van der Waals surface area contributed by atoms with Gasteiger partial charge in [-0.1, -0.05) is 19.1 Å². The summed E-state index contributed by atoms with van der Waals surface area (Å²) in [4.78, 5) is 40.0. The Morgan fingerprint density at radius 2 is 1.90 bits per heavy atom. The first-order valence-corrected chi connectivity index (χ1v) is 13.2. The third-order valence-electron chi connectivity index (χ3n) is 6.14. The zero-order chi connectivity index (χ0) is 29.4. The Labute approximate surface area is 233 Å². The molecule has 212 valence electrons. The van der Waals surface area contributed by atoms with Gasteiger partial charge in [0.05, 0.1) is 17.6 Å². The Morgan fingerprint density at radius 1 is 1.18 bits per heavy atom. The van der Waals surface area contributed by atoms with Gasteiger partial charge in [-0.2, -0.15) is 0 Å². The SMILES string of the molecule is C/C=C\C(=C/CC)NC(=O)C(C)(C)C(=O)Nc1ccc(Oc2ccc3nc(C)cn3n2)cc1F.CC(=O)C1CC1. The van der Waals surface area contributed by atoms with E-state index in [2.05, 4.69) is 20.7 Å². The van der Waals surface area contributed by atoms with Gasteiger partial charge < -0.3 is 15.4 Å². The fourth-order valence-electron chi connectivity index (χ4n) is 3.54. The van der Waals surface area contributed by atoms with Gasteiger partial charge in [0, 0.05) is 23.7 Å². The monoisotopic (exact) mass is 549 g/mol. The predicted octanol–water partition coefficient (Wildman–Crippen LogP) is 5.91. The number of nitrogens with one attached hydrogen (secondary N) is 2. The molecule has 1 saturated carbocycles. The molecule has 0 spiro atoms. The van der Waals surface area contributed by atoms with Crippen molar-refractivity contribution in [3.8, 4) is 11.6 Å². The highest BCUT2D eigenvalue weighted by Crippen LogP contribution is 2.29. The van der Waals surface area contributed by atoms with Gasteiger partial charge >= 0.3 is 0 Å². The average Bonchev–Trinajstić information content (AvgIpc) is 3.68. The quantitative estimate of drug-likeness (QED) is 0.254. The number of amides is 2. The molecule has 2 heterocycles. The summed E-state index contributed by atoms with van der Waals surface area (Å²) in [5, 5.41) is 9.51. The van der Waals surface area contributed by atoms with Crippen molar-refractivity contribution in [3.05, 3.63) is 72.0 Å². The van der Waals surface area contributed by atoms with Gasteiger partial charge in [0.2, 0.25) is 17.7 Å². The Bertz CT molecular complexity index is 1450. The number of rotatable bonds is 9. The maximum absolute atomic E-state index is 14.7. The molecule has 0 bridgehead atoms. The number of nitrogens with zero attached hydrogens (tertiary/aromatic N) is 3. The number of allylic oxidation sites excluding steroid dienone is 3. The van der Waals surface area contributed by atoms with E-state index in [4.69, 9.17) is 4.74 Å². The number of aryl methyl sites for hydroxylation is 1. The van der Waals surface area contributed by atoms with Crippen molar-refractivity contribution in [2.45, 2.75) is 60.8 Å². The van der Waals surface area contributed by atoms with Crippen molar-refractivity contribution < 1.29 is 23.5 Å². The normalized spacial score (nSPS) is 13.5. The van der Waals surface area contributed by atoms with Crippen molar-refractivity contribution >= 4 is 28.9 Å². The number of hydrogen-bond acceptors (Lipinski definition) is 6. The predicted molar refractivity (Wildman–Crippen MR) is 151 cm³/mol. The summed E-state index contributed by atoms with van der Waals surface area (Å²) in [6.45, 7) is 10.2. The molecule has 1 aliphatic rings. The van der Waals surface area contributed by atoms with Crippen LogP contribution < -0.4 is 15.4 Å². The van der Waals surface area contributed by atoms with Gasteiger partial charge in [-0.25, -0.2) is 13.9 Å². The maximum atomic E-state index is 14.7. The fraction of sp³-hybridized carbons (Fsp3) is 0.367. The molecule has 1 aliphatic carbocycles. The first-order chi connectivity index (χ1) is 18.9. The number of hydrogen-bond donors (Lipinski definition) is 2. The standard InChI is InChI=1S/C25H28FN5O3.C5H8O/c1-6-8-17(9-7-2)28-23(32)25(4,5)24(33)29-20-11-10-18(14-19(20)26)34-22-13-12-21-27-16(3)15-31(21)30-22;1-4(6)5-2-3-5/h6,8-15H,7H2,1-5H3,(H,28,32)(H,29,33);5H,2-3H2,1H3/b8-6-,17-9+;. The lowest BCUT2D eigenvalue weighted by atomic mass is 9.90. The summed E-state index contributed by atoms with van der Waals surface area (Å²) in [6, 6.07) is 7.39. The summed E-state index contributed by atoms with van der Waals surface area (Å²) in [5.41, 5.74) is 0.569. The number of ether oxygens (including phenoxy) is 1. The van der Waals surface area contributed by atoms with Crippen LogP contribution in [0.25, 0.3) is 5.65 Å². The van der Waals surface area contributed by atoms with Gasteiger partial charge in [0.25, 0.3) is 0 Å². The molecule has 4 rings (SSSR count). The number of halogens is 1. The molecule has 2 N–H and O–H groups in total. The Hall–Kier alpha value is -4.34. The number of Topliss-reactive ketones (excluding diaryl/α,β-unsaturated/α-hetero) is 1. The van der Waals surface area contributed by atoms with Gasteiger partial charge in [0.1, 0.15) is 22.8 Å². The highest BCUT2D eigenvalue weighted by molar-refractivity contribution is 6.10. The molecule has 1 aromatic carbocycles. The van der Waals surface area contributed by atoms with E-state index < -0.39 is 23.0 Å². The summed E-state index contributed by atoms with van der Waals surface area (Å²) >= 11 is 0. The van der Waals surface area contributed by atoms with Crippen molar-refractivity contribution in [3.63, 3.8) is 0 Å². The zero-order valence-electron chi connectivity index (χ0n) is 23.7. The van der Waals surface area contributed by atoms with Crippen molar-refractivity contribution in [1.29, 1.82) is 0 Å². The van der Waals surface area contributed by atoms with Crippen LogP contribution in [0.4, 0.5) is 10.1 Å². The van der Waals surface area contributed by atoms with Crippen LogP contribution in [0.1, 0.15) is 59.6 Å². The van der Waals surface area contributed by atoms with E-state index in [1.165, 1.54) is 26.0 Å². The maximum Gasteiger partial charge on any atom is 0.239 e. The first kappa shape index (κ1) is 30.2. The average molecular weight is 550 g/mol. The minimum atomic E-state index is -1.45. The molecule has 40 heavy (non-hydrogen) atoms. The van der Waals surface area contributed by atoms with Gasteiger partial charge in [0.15, 0.2) is 5.65 Å². The van der Waals surface area contributed by atoms with E-state index in [0.717, 1.165) is 31.0 Å². The molecular weight excluding hydrogens is 513 g/mol. The van der Waals surface area contributed by atoms with Crippen LogP contribution in [-0.2, 0) is 14.4 Å². The highest BCUT2D eigenvalue weighted by atomic mass is 19.1. The van der Waals surface area contributed by atoms with Gasteiger partial charge in [-0.3, -0.25) is 14.4 Å². The molecule has 0 radical (unpaired) electrons. The van der Waals surface area contributed by atoms with Crippen LogP contribution in [0.2, 0.25) is 0 Å². The number of benzene rings is 1. The molecule has 0 unspecified atom stereocenters. The second-order valence-corrected chi connectivity index (χ2v) is 10.1. The van der Waals surface area contributed by atoms with E-state index >= 15 is 0 Å². The molecule has 1 fully saturated rings. The number of carbonyl (C=O) groups excluding carboxylic acids is 3. The zero-order valence-corrected chi connectivity index (χ0v) is 23.7. The number of carbonyl (C=O) groups is 3. The summed E-state index contributed by atoms with van der Waals surface area (Å²) in [7, 11) is 0. The number of ketones is 1.